The highest BCUT2D eigenvalue weighted by atomic mass is 32.2. The molecule has 1 aliphatic carbocycles. The highest BCUT2D eigenvalue weighted by Gasteiger charge is 2.47. The van der Waals surface area contributed by atoms with Gasteiger partial charge in [-0.3, -0.25) is 4.79 Å². The Balaban J connectivity index is 2.40. The minimum Gasteiger partial charge on any atom is -0.298 e. The molecular weight excluding hydrogens is 224 g/mol. The molecule has 0 aromatic heterocycles. The highest BCUT2D eigenvalue weighted by Crippen LogP contribution is 2.49. The van der Waals surface area contributed by atoms with Crippen molar-refractivity contribution in [2.24, 2.45) is 0 Å². The average Bonchev–Trinajstić information content (AvgIpc) is 2.96. The number of aldehydes is 1. The van der Waals surface area contributed by atoms with E-state index in [0.717, 1.165) is 24.7 Å². The van der Waals surface area contributed by atoms with E-state index in [9.17, 15) is 13.2 Å². The van der Waals surface area contributed by atoms with E-state index in [2.05, 4.69) is 0 Å². The first kappa shape index (κ1) is 11.3. The molecule has 0 spiro atoms. The van der Waals surface area contributed by atoms with Gasteiger partial charge in [-0.15, -0.1) is 0 Å². The van der Waals surface area contributed by atoms with Gasteiger partial charge in [0, 0.05) is 17.2 Å². The van der Waals surface area contributed by atoms with Gasteiger partial charge in [-0.2, -0.15) is 0 Å². The zero-order valence-corrected chi connectivity index (χ0v) is 9.96. The van der Waals surface area contributed by atoms with Gasteiger partial charge >= 0.3 is 0 Å². The van der Waals surface area contributed by atoms with Crippen LogP contribution < -0.4 is 0 Å². The number of carbonyl (C=O) groups excluding carboxylic acids is 1. The molecule has 86 valence electrons. The minimum absolute atomic E-state index is 0.144. The van der Waals surface area contributed by atoms with Crippen LogP contribution in [0.2, 0.25) is 0 Å². The Morgan fingerprint density at radius 3 is 2.44 bits per heavy atom. The first-order valence-corrected chi connectivity index (χ1v) is 7.25. The summed E-state index contributed by atoms with van der Waals surface area (Å²) in [6.45, 7) is 0. The summed E-state index contributed by atoms with van der Waals surface area (Å²) in [7, 11) is -3.01. The molecule has 16 heavy (non-hydrogen) atoms. The summed E-state index contributed by atoms with van der Waals surface area (Å²) in [4.78, 5) is 10.9. The lowest BCUT2D eigenvalue weighted by Gasteiger charge is -2.16. The van der Waals surface area contributed by atoms with Gasteiger partial charge in [0.1, 0.15) is 16.1 Å². The van der Waals surface area contributed by atoms with Gasteiger partial charge < -0.3 is 0 Å². The first-order valence-electron chi connectivity index (χ1n) is 5.19. The number of carbonyl (C=O) groups is 1. The Kier molecular flexibility index (Phi) is 2.62. The maximum absolute atomic E-state index is 11.4. The Bertz CT molecular complexity index is 513. The lowest BCUT2D eigenvalue weighted by atomic mass is 9.93. The fourth-order valence-electron chi connectivity index (χ4n) is 2.23. The van der Waals surface area contributed by atoms with E-state index in [1.54, 1.807) is 12.1 Å². The molecule has 2 rings (SSSR count). The minimum atomic E-state index is -3.01. The molecule has 1 saturated carbocycles. The summed E-state index contributed by atoms with van der Waals surface area (Å²) in [5.41, 5.74) is 1.20. The predicted octanol–water partition coefficient (Wildman–Crippen LogP) is 1.58. The van der Waals surface area contributed by atoms with Crippen molar-refractivity contribution in [3.8, 4) is 0 Å². The van der Waals surface area contributed by atoms with Crippen LogP contribution >= 0.6 is 0 Å². The molecule has 0 saturated heterocycles. The smallest absolute Gasteiger partial charge is 0.150 e. The third-order valence-corrected chi connectivity index (χ3v) is 4.13. The fraction of sp³-hybridized carbons (Fsp3) is 0.417. The van der Waals surface area contributed by atoms with Crippen LogP contribution in [0.5, 0.6) is 0 Å². The molecule has 0 unspecified atom stereocenters. The van der Waals surface area contributed by atoms with E-state index >= 15 is 0 Å². The van der Waals surface area contributed by atoms with Crippen molar-refractivity contribution in [3.05, 3.63) is 35.4 Å². The number of rotatable bonds is 4. The summed E-state index contributed by atoms with van der Waals surface area (Å²) >= 11 is 0. The number of hydrogen-bond acceptors (Lipinski definition) is 3. The van der Waals surface area contributed by atoms with Crippen LogP contribution in [-0.2, 0) is 15.3 Å². The summed E-state index contributed by atoms with van der Waals surface area (Å²) in [5, 5.41) is 0. The first-order chi connectivity index (χ1) is 7.47. The van der Waals surface area contributed by atoms with Crippen molar-refractivity contribution >= 4 is 16.1 Å². The molecule has 0 N–H and O–H groups in total. The second kappa shape index (κ2) is 3.70. The van der Waals surface area contributed by atoms with E-state index in [4.69, 9.17) is 0 Å². The van der Waals surface area contributed by atoms with Crippen LogP contribution in [0, 0.1) is 0 Å². The number of sulfone groups is 1. The largest absolute Gasteiger partial charge is 0.298 e. The quantitative estimate of drug-likeness (QED) is 0.748. The van der Waals surface area contributed by atoms with Crippen LogP contribution in [0.1, 0.15) is 28.8 Å². The maximum atomic E-state index is 11.4. The predicted molar refractivity (Wildman–Crippen MR) is 62.5 cm³/mol. The molecule has 1 aliphatic rings. The Labute approximate surface area is 95.4 Å². The lowest BCUT2D eigenvalue weighted by molar-refractivity contribution is 0.112. The van der Waals surface area contributed by atoms with Crippen molar-refractivity contribution in [3.63, 3.8) is 0 Å². The fourth-order valence-corrected chi connectivity index (χ4v) is 3.67. The van der Waals surface area contributed by atoms with Gasteiger partial charge in [0.25, 0.3) is 0 Å². The third kappa shape index (κ3) is 2.16. The maximum Gasteiger partial charge on any atom is 0.150 e. The molecular formula is C12H14O3S. The van der Waals surface area contributed by atoms with Crippen molar-refractivity contribution in [1.82, 2.24) is 0 Å². The standard InChI is InChI=1S/C12H14O3S/c1-16(14,15)9-12(6-7-12)11-5-3-2-4-10(11)8-13/h2-5,8H,6-7,9H2,1H3. The van der Waals surface area contributed by atoms with E-state index in [1.165, 1.54) is 6.26 Å². The highest BCUT2D eigenvalue weighted by molar-refractivity contribution is 7.90. The molecule has 3 nitrogen and oxygen atoms in total. The molecule has 0 aliphatic heterocycles. The summed E-state index contributed by atoms with van der Waals surface area (Å²) < 4.78 is 22.7. The van der Waals surface area contributed by atoms with Crippen LogP contribution in [0.25, 0.3) is 0 Å². The SMILES string of the molecule is CS(=O)(=O)CC1(c2ccccc2C=O)CC1. The molecule has 0 atom stereocenters. The zero-order chi connectivity index (χ0) is 11.8. The second-order valence-electron chi connectivity index (χ2n) is 4.56. The molecule has 0 heterocycles. The van der Waals surface area contributed by atoms with E-state index in [1.807, 2.05) is 12.1 Å². The van der Waals surface area contributed by atoms with Gasteiger partial charge in [-0.25, -0.2) is 8.42 Å². The van der Waals surface area contributed by atoms with Gasteiger partial charge in [-0.05, 0) is 18.4 Å². The molecule has 0 radical (unpaired) electrons. The van der Waals surface area contributed by atoms with Gasteiger partial charge in [0.05, 0.1) is 5.75 Å². The third-order valence-electron chi connectivity index (χ3n) is 3.05. The van der Waals surface area contributed by atoms with Gasteiger partial charge in [0.15, 0.2) is 0 Å². The van der Waals surface area contributed by atoms with Crippen molar-refractivity contribution in [1.29, 1.82) is 0 Å². The van der Waals surface area contributed by atoms with E-state index in [0.29, 0.717) is 5.56 Å². The molecule has 1 aromatic carbocycles. The van der Waals surface area contributed by atoms with Crippen LogP contribution in [0.15, 0.2) is 24.3 Å². The Morgan fingerprint density at radius 1 is 1.31 bits per heavy atom. The van der Waals surface area contributed by atoms with E-state index < -0.39 is 9.84 Å². The zero-order valence-electron chi connectivity index (χ0n) is 9.14. The summed E-state index contributed by atoms with van der Waals surface area (Å²) in [6.07, 6.45) is 3.75. The molecule has 4 heteroatoms. The van der Waals surface area contributed by atoms with Crippen molar-refractivity contribution in [2.75, 3.05) is 12.0 Å². The molecule has 0 amide bonds. The van der Waals surface area contributed by atoms with Crippen LogP contribution in [0.4, 0.5) is 0 Å². The summed E-state index contributed by atoms with van der Waals surface area (Å²) in [5.74, 6) is 0.144. The number of hydrogen-bond donors (Lipinski definition) is 0. The second-order valence-corrected chi connectivity index (χ2v) is 6.70. The Hall–Kier alpha value is -1.16. The van der Waals surface area contributed by atoms with Gasteiger partial charge in [-0.1, -0.05) is 24.3 Å². The van der Waals surface area contributed by atoms with Crippen LogP contribution in [-0.4, -0.2) is 26.7 Å². The summed E-state index contributed by atoms with van der Waals surface area (Å²) in [6, 6.07) is 7.25. The van der Waals surface area contributed by atoms with E-state index in [-0.39, 0.29) is 11.2 Å². The topological polar surface area (TPSA) is 51.2 Å². The van der Waals surface area contributed by atoms with Gasteiger partial charge in [0.2, 0.25) is 0 Å². The Morgan fingerprint density at radius 2 is 1.94 bits per heavy atom. The number of benzene rings is 1. The molecule has 1 aromatic rings. The molecule has 0 bridgehead atoms. The normalized spacial score (nSPS) is 18.1. The molecule has 1 fully saturated rings. The van der Waals surface area contributed by atoms with Crippen molar-refractivity contribution in [2.45, 2.75) is 18.3 Å². The van der Waals surface area contributed by atoms with Crippen molar-refractivity contribution < 1.29 is 13.2 Å². The average molecular weight is 238 g/mol. The lowest BCUT2D eigenvalue weighted by Crippen LogP contribution is -2.21. The monoisotopic (exact) mass is 238 g/mol. The van der Waals surface area contributed by atoms with Crippen LogP contribution in [0.3, 0.4) is 0 Å².